The number of nitrogens with zero attached hydrogens (tertiary/aromatic N) is 1. The topological polar surface area (TPSA) is 95.6 Å². The highest BCUT2D eigenvalue weighted by molar-refractivity contribution is 9.10. The van der Waals surface area contributed by atoms with E-state index in [0.717, 1.165) is 14.8 Å². The number of rotatable bonds is 4. The summed E-state index contributed by atoms with van der Waals surface area (Å²) in [4.78, 5) is 24.2. The van der Waals surface area contributed by atoms with Gasteiger partial charge < -0.3 is 0 Å². The highest BCUT2D eigenvalue weighted by atomic mass is 79.9. The number of sulfonamides is 1. The maximum atomic E-state index is 12.3. The van der Waals surface area contributed by atoms with Crippen LogP contribution in [0.5, 0.6) is 0 Å². The smallest absolute Gasteiger partial charge is 0.267 e. The van der Waals surface area contributed by atoms with Crippen LogP contribution in [0.15, 0.2) is 51.8 Å². The molecule has 0 aromatic heterocycles. The van der Waals surface area contributed by atoms with E-state index in [1.165, 1.54) is 26.2 Å². The number of hydrogen-bond donors (Lipinski definition) is 2. The Morgan fingerprint density at radius 2 is 1.58 bits per heavy atom. The monoisotopic (exact) mass is 459 g/mol. The molecule has 0 aliphatic rings. The Hall–Kier alpha value is -1.94. The van der Waals surface area contributed by atoms with Crippen molar-refractivity contribution in [2.75, 3.05) is 14.1 Å². The van der Waals surface area contributed by atoms with E-state index in [1.54, 1.807) is 24.3 Å². The highest BCUT2D eigenvalue weighted by Crippen LogP contribution is 2.22. The molecule has 0 spiro atoms. The summed E-state index contributed by atoms with van der Waals surface area (Å²) < 4.78 is 26.2. The summed E-state index contributed by atoms with van der Waals surface area (Å²) in [7, 11) is -0.971. The number of halogens is 2. The molecule has 0 atom stereocenters. The van der Waals surface area contributed by atoms with Gasteiger partial charge in [0.05, 0.1) is 15.5 Å². The van der Waals surface area contributed by atoms with Crippen LogP contribution in [0.4, 0.5) is 0 Å². The number of hydrogen-bond acceptors (Lipinski definition) is 4. The number of amides is 2. The molecule has 10 heteroatoms. The van der Waals surface area contributed by atoms with Crippen LogP contribution in [0, 0.1) is 0 Å². The van der Waals surface area contributed by atoms with E-state index in [9.17, 15) is 18.0 Å². The van der Waals surface area contributed by atoms with Crippen LogP contribution in [-0.4, -0.2) is 38.6 Å². The van der Waals surface area contributed by atoms with Crippen LogP contribution in [0.1, 0.15) is 20.7 Å². The van der Waals surface area contributed by atoms with E-state index in [4.69, 9.17) is 11.6 Å². The fraction of sp³-hybridized carbons (Fsp3) is 0.125. The van der Waals surface area contributed by atoms with Gasteiger partial charge in [0.15, 0.2) is 0 Å². The number of hydrazine groups is 1. The number of carbonyl (C=O) groups excluding carboxylic acids is 2. The second-order valence-electron chi connectivity index (χ2n) is 5.34. The van der Waals surface area contributed by atoms with Gasteiger partial charge in [-0.3, -0.25) is 20.4 Å². The van der Waals surface area contributed by atoms with Crippen LogP contribution < -0.4 is 10.9 Å². The van der Waals surface area contributed by atoms with Gasteiger partial charge in [-0.15, -0.1) is 0 Å². The van der Waals surface area contributed by atoms with Crippen LogP contribution in [-0.2, 0) is 10.0 Å². The molecule has 2 amide bonds. The van der Waals surface area contributed by atoms with Crippen LogP contribution >= 0.6 is 27.5 Å². The van der Waals surface area contributed by atoms with Crippen molar-refractivity contribution in [3.8, 4) is 0 Å². The molecule has 0 saturated carbocycles. The summed E-state index contributed by atoms with van der Waals surface area (Å²) in [6.45, 7) is 0. The fourth-order valence-corrected chi connectivity index (χ4v) is 3.30. The van der Waals surface area contributed by atoms with Crippen LogP contribution in [0.2, 0.25) is 5.02 Å². The summed E-state index contributed by atoms with van der Waals surface area (Å²) in [5, 5.41) is 0.0538. The first-order valence-corrected chi connectivity index (χ1v) is 9.82. The normalized spacial score (nSPS) is 11.3. The van der Waals surface area contributed by atoms with Crippen molar-refractivity contribution < 1.29 is 18.0 Å². The molecule has 0 bridgehead atoms. The Bertz CT molecular complexity index is 946. The zero-order valence-electron chi connectivity index (χ0n) is 13.8. The summed E-state index contributed by atoms with van der Waals surface area (Å²) in [5.74, 6) is -1.27. The first-order chi connectivity index (χ1) is 12.1. The Kier molecular flexibility index (Phi) is 6.40. The summed E-state index contributed by atoms with van der Waals surface area (Å²) in [6, 6.07) is 10.3. The lowest BCUT2D eigenvalue weighted by Gasteiger charge is -2.13. The summed E-state index contributed by atoms with van der Waals surface area (Å²) >= 11 is 9.24. The third-order valence-electron chi connectivity index (χ3n) is 3.36. The van der Waals surface area contributed by atoms with Crippen molar-refractivity contribution in [2.45, 2.75) is 4.90 Å². The molecule has 0 aliphatic carbocycles. The minimum absolute atomic E-state index is 0.0538. The van der Waals surface area contributed by atoms with Gasteiger partial charge in [-0.05, 0) is 42.5 Å². The molecular formula is C16H15BrClN3O4S. The van der Waals surface area contributed by atoms with E-state index >= 15 is 0 Å². The third-order valence-corrected chi connectivity index (χ3v) is 6.03. The van der Waals surface area contributed by atoms with Crippen molar-refractivity contribution in [3.63, 3.8) is 0 Å². The Labute approximate surface area is 164 Å². The molecule has 0 fully saturated rings. The number of nitrogens with one attached hydrogen (secondary N) is 2. The van der Waals surface area contributed by atoms with Gasteiger partial charge in [-0.2, -0.15) is 0 Å². The van der Waals surface area contributed by atoms with Crippen molar-refractivity contribution in [1.82, 2.24) is 15.2 Å². The second-order valence-corrected chi connectivity index (χ2v) is 8.82. The number of carbonyl (C=O) groups is 2. The van der Waals surface area contributed by atoms with Crippen molar-refractivity contribution in [2.24, 2.45) is 0 Å². The molecular weight excluding hydrogens is 446 g/mol. The number of benzene rings is 2. The molecule has 7 nitrogen and oxygen atoms in total. The van der Waals surface area contributed by atoms with Gasteiger partial charge in [0, 0.05) is 24.1 Å². The predicted octanol–water partition coefficient (Wildman–Crippen LogP) is 2.43. The second kappa shape index (κ2) is 8.17. The summed E-state index contributed by atoms with van der Waals surface area (Å²) in [5.41, 5.74) is 4.73. The zero-order valence-corrected chi connectivity index (χ0v) is 16.9. The SMILES string of the molecule is CN(C)S(=O)(=O)c1ccc(Cl)c(C(=O)NNC(=O)c2ccc(Br)cc2)c1. The van der Waals surface area contributed by atoms with Crippen LogP contribution in [0.3, 0.4) is 0 Å². The van der Waals surface area contributed by atoms with Gasteiger partial charge in [0.1, 0.15) is 0 Å². The van der Waals surface area contributed by atoms with E-state index < -0.39 is 21.8 Å². The quantitative estimate of drug-likeness (QED) is 0.685. The van der Waals surface area contributed by atoms with Gasteiger partial charge >= 0.3 is 0 Å². The Balaban J connectivity index is 2.17. The van der Waals surface area contributed by atoms with Crippen molar-refractivity contribution >= 4 is 49.4 Å². The maximum Gasteiger partial charge on any atom is 0.271 e. The molecule has 0 aliphatic heterocycles. The van der Waals surface area contributed by atoms with Gasteiger partial charge in [-0.1, -0.05) is 27.5 Å². The lowest BCUT2D eigenvalue weighted by molar-refractivity contribution is 0.0846. The molecule has 0 radical (unpaired) electrons. The lowest BCUT2D eigenvalue weighted by atomic mass is 10.2. The lowest BCUT2D eigenvalue weighted by Crippen LogP contribution is -2.41. The molecule has 0 heterocycles. The fourth-order valence-electron chi connectivity index (χ4n) is 1.90. The molecule has 138 valence electrons. The Morgan fingerprint density at radius 1 is 1.00 bits per heavy atom. The minimum Gasteiger partial charge on any atom is -0.267 e. The van der Waals surface area contributed by atoms with Gasteiger partial charge in [-0.25, -0.2) is 12.7 Å². The molecule has 26 heavy (non-hydrogen) atoms. The Morgan fingerprint density at radius 3 is 2.15 bits per heavy atom. The van der Waals surface area contributed by atoms with E-state index in [1.807, 2.05) is 0 Å². The highest BCUT2D eigenvalue weighted by Gasteiger charge is 2.21. The average Bonchev–Trinajstić information content (AvgIpc) is 2.60. The first kappa shape index (κ1) is 20.4. The molecule has 0 unspecified atom stereocenters. The van der Waals surface area contributed by atoms with Gasteiger partial charge in [0.25, 0.3) is 11.8 Å². The third kappa shape index (κ3) is 4.61. The molecule has 2 aromatic rings. The first-order valence-electron chi connectivity index (χ1n) is 7.21. The molecule has 0 saturated heterocycles. The zero-order chi connectivity index (χ0) is 19.5. The molecule has 2 rings (SSSR count). The maximum absolute atomic E-state index is 12.3. The van der Waals surface area contributed by atoms with Crippen molar-refractivity contribution in [1.29, 1.82) is 0 Å². The average molecular weight is 461 g/mol. The van der Waals surface area contributed by atoms with Crippen LogP contribution in [0.25, 0.3) is 0 Å². The minimum atomic E-state index is -3.73. The molecule has 2 aromatic carbocycles. The largest absolute Gasteiger partial charge is 0.271 e. The van der Waals surface area contributed by atoms with E-state index in [0.29, 0.717) is 5.56 Å². The standard InChI is InChI=1S/C16H15BrClN3O4S/c1-21(2)26(24,25)12-7-8-14(18)13(9-12)16(23)20-19-15(22)10-3-5-11(17)6-4-10/h3-9H,1-2H3,(H,19,22)(H,20,23). The molecule has 2 N–H and O–H groups in total. The van der Waals surface area contributed by atoms with E-state index in [-0.39, 0.29) is 15.5 Å². The van der Waals surface area contributed by atoms with Gasteiger partial charge in [0.2, 0.25) is 10.0 Å². The van der Waals surface area contributed by atoms with E-state index in [2.05, 4.69) is 26.8 Å². The van der Waals surface area contributed by atoms with Crippen molar-refractivity contribution in [3.05, 3.63) is 63.1 Å². The summed E-state index contributed by atoms with van der Waals surface area (Å²) in [6.07, 6.45) is 0. The predicted molar refractivity (Wildman–Crippen MR) is 101 cm³/mol.